The minimum atomic E-state index is -0.0428. The number of amides is 1. The molecule has 6 heteroatoms. The van der Waals surface area contributed by atoms with Crippen molar-refractivity contribution in [3.05, 3.63) is 60.9 Å². The molecule has 1 N–H and O–H groups in total. The van der Waals surface area contributed by atoms with Crippen molar-refractivity contribution in [3.8, 4) is 0 Å². The van der Waals surface area contributed by atoms with E-state index in [-0.39, 0.29) is 5.91 Å². The molecule has 4 rings (SSSR count). The molecule has 1 aliphatic rings. The van der Waals surface area contributed by atoms with Gasteiger partial charge in [0.1, 0.15) is 5.82 Å². The van der Waals surface area contributed by atoms with Gasteiger partial charge in [-0.2, -0.15) is 0 Å². The van der Waals surface area contributed by atoms with Crippen LogP contribution in [0.3, 0.4) is 0 Å². The van der Waals surface area contributed by atoms with Crippen LogP contribution in [0.15, 0.2) is 60.3 Å². The minimum absolute atomic E-state index is 0.0428. The molecular weight excluding hydrogens is 380 g/mol. The van der Waals surface area contributed by atoms with E-state index in [9.17, 15) is 4.79 Å². The first-order chi connectivity index (χ1) is 14.3. The second kappa shape index (κ2) is 9.27. The Balaban J connectivity index is 1.45. The molecule has 1 aromatic heterocycles. The maximum absolute atomic E-state index is 12.6. The van der Waals surface area contributed by atoms with E-state index in [4.69, 9.17) is 0 Å². The minimum Gasteiger partial charge on any atom is -0.325 e. The topological polar surface area (TPSA) is 59.8 Å². The van der Waals surface area contributed by atoms with Crippen LogP contribution >= 0.6 is 11.8 Å². The smallest absolute Gasteiger partial charge is 0.234 e. The van der Waals surface area contributed by atoms with Crippen LogP contribution in [0.1, 0.15) is 43.8 Å². The Morgan fingerprint density at radius 3 is 2.76 bits per heavy atom. The maximum atomic E-state index is 12.6. The molecule has 0 aliphatic heterocycles. The summed E-state index contributed by atoms with van der Waals surface area (Å²) in [6, 6.07) is 14.0. The summed E-state index contributed by atoms with van der Waals surface area (Å²) < 4.78 is 2.12. The van der Waals surface area contributed by atoms with Gasteiger partial charge in [0.25, 0.3) is 0 Å². The van der Waals surface area contributed by atoms with Crippen LogP contribution in [0, 0.1) is 0 Å². The van der Waals surface area contributed by atoms with Crippen LogP contribution in [0.25, 0.3) is 10.8 Å². The number of anilines is 1. The van der Waals surface area contributed by atoms with Crippen molar-refractivity contribution < 1.29 is 4.79 Å². The second-order valence-electron chi connectivity index (χ2n) is 7.44. The lowest BCUT2D eigenvalue weighted by molar-refractivity contribution is -0.113. The zero-order valence-corrected chi connectivity index (χ0v) is 17.3. The first kappa shape index (κ1) is 19.7. The van der Waals surface area contributed by atoms with E-state index in [1.807, 2.05) is 48.5 Å². The van der Waals surface area contributed by atoms with Crippen LogP contribution in [0.4, 0.5) is 5.69 Å². The van der Waals surface area contributed by atoms with Gasteiger partial charge in [0.05, 0.1) is 5.75 Å². The lowest BCUT2D eigenvalue weighted by Crippen LogP contribution is -2.15. The molecule has 1 aliphatic carbocycles. The third kappa shape index (κ3) is 4.53. The number of fused-ring (bicyclic) bond motifs is 1. The molecule has 0 radical (unpaired) electrons. The largest absolute Gasteiger partial charge is 0.325 e. The van der Waals surface area contributed by atoms with Gasteiger partial charge >= 0.3 is 0 Å². The first-order valence-electron chi connectivity index (χ1n) is 10.2. The van der Waals surface area contributed by atoms with Gasteiger partial charge in [-0.15, -0.1) is 16.8 Å². The van der Waals surface area contributed by atoms with Crippen molar-refractivity contribution in [2.24, 2.45) is 0 Å². The molecule has 2 aromatic carbocycles. The molecular formula is C23H26N4OS. The third-order valence-electron chi connectivity index (χ3n) is 5.42. The Hall–Kier alpha value is -2.60. The van der Waals surface area contributed by atoms with E-state index < -0.39 is 0 Å². The lowest BCUT2D eigenvalue weighted by Gasteiger charge is -2.21. The van der Waals surface area contributed by atoms with Crippen LogP contribution in [-0.2, 0) is 11.3 Å². The fourth-order valence-electron chi connectivity index (χ4n) is 4.02. The Bertz CT molecular complexity index is 1000. The van der Waals surface area contributed by atoms with Gasteiger partial charge in [-0.1, -0.05) is 73.5 Å². The Labute approximate surface area is 175 Å². The number of nitrogens with zero attached hydrogens (tertiary/aromatic N) is 3. The number of benzene rings is 2. The quantitative estimate of drug-likeness (QED) is 0.422. The van der Waals surface area contributed by atoms with Crippen LogP contribution < -0.4 is 5.32 Å². The molecule has 150 valence electrons. The number of aromatic nitrogens is 3. The zero-order valence-electron chi connectivity index (χ0n) is 16.5. The van der Waals surface area contributed by atoms with Crippen molar-refractivity contribution in [1.29, 1.82) is 0 Å². The fraction of sp³-hybridized carbons (Fsp3) is 0.348. The van der Waals surface area contributed by atoms with Gasteiger partial charge in [0.2, 0.25) is 5.91 Å². The maximum Gasteiger partial charge on any atom is 0.234 e. The highest BCUT2D eigenvalue weighted by Gasteiger charge is 2.23. The van der Waals surface area contributed by atoms with Gasteiger partial charge < -0.3 is 9.88 Å². The normalized spacial score (nSPS) is 14.8. The number of thioether (sulfide) groups is 1. The van der Waals surface area contributed by atoms with E-state index in [1.165, 1.54) is 43.9 Å². The predicted molar refractivity (Wildman–Crippen MR) is 119 cm³/mol. The summed E-state index contributed by atoms with van der Waals surface area (Å²) >= 11 is 1.43. The number of allylic oxidation sites excluding steroid dienone is 1. The highest BCUT2D eigenvalue weighted by molar-refractivity contribution is 7.99. The molecule has 0 saturated heterocycles. The molecule has 0 bridgehead atoms. The van der Waals surface area contributed by atoms with E-state index in [0.29, 0.717) is 18.2 Å². The number of rotatable bonds is 7. The summed E-state index contributed by atoms with van der Waals surface area (Å²) in [4.78, 5) is 12.6. The van der Waals surface area contributed by atoms with E-state index in [0.717, 1.165) is 27.4 Å². The first-order valence-corrected chi connectivity index (χ1v) is 11.2. The monoisotopic (exact) mass is 406 g/mol. The Morgan fingerprint density at radius 1 is 1.14 bits per heavy atom. The van der Waals surface area contributed by atoms with Crippen molar-refractivity contribution in [3.63, 3.8) is 0 Å². The fourth-order valence-corrected chi connectivity index (χ4v) is 4.78. The molecule has 29 heavy (non-hydrogen) atoms. The third-order valence-corrected chi connectivity index (χ3v) is 6.39. The highest BCUT2D eigenvalue weighted by atomic mass is 32.2. The van der Waals surface area contributed by atoms with Crippen molar-refractivity contribution in [2.45, 2.75) is 49.7 Å². The standard InChI is InChI=1S/C23H26N4OS/c1-2-15-27-22(18-10-4-3-5-11-18)25-26-23(27)29-16-21(28)24-20-14-8-12-17-9-6-7-13-19(17)20/h2,6-9,12-14,18H,1,3-5,10-11,15-16H2,(H,24,28). The molecule has 0 atom stereocenters. The summed E-state index contributed by atoms with van der Waals surface area (Å²) in [5.74, 6) is 1.76. The van der Waals surface area contributed by atoms with E-state index in [1.54, 1.807) is 0 Å². The summed E-state index contributed by atoms with van der Waals surface area (Å²) in [5.41, 5.74) is 0.837. The van der Waals surface area contributed by atoms with Crippen LogP contribution in [0.2, 0.25) is 0 Å². The Kier molecular flexibility index (Phi) is 6.30. The summed E-state index contributed by atoms with van der Waals surface area (Å²) in [6.45, 7) is 4.55. The lowest BCUT2D eigenvalue weighted by atomic mass is 9.89. The molecule has 3 aromatic rings. The van der Waals surface area contributed by atoms with E-state index >= 15 is 0 Å². The van der Waals surface area contributed by atoms with Gasteiger partial charge in [-0.25, -0.2) is 0 Å². The Morgan fingerprint density at radius 2 is 1.93 bits per heavy atom. The van der Waals surface area contributed by atoms with Crippen LogP contribution in [0.5, 0.6) is 0 Å². The summed E-state index contributed by atoms with van der Waals surface area (Å²) in [7, 11) is 0. The second-order valence-corrected chi connectivity index (χ2v) is 8.38. The molecule has 1 saturated carbocycles. The van der Waals surface area contributed by atoms with Crippen LogP contribution in [-0.4, -0.2) is 26.4 Å². The highest BCUT2D eigenvalue weighted by Crippen LogP contribution is 2.33. The number of carbonyl (C=O) groups excluding carboxylic acids is 1. The number of hydrogen-bond acceptors (Lipinski definition) is 4. The van der Waals surface area contributed by atoms with Crippen molar-refractivity contribution in [2.75, 3.05) is 11.1 Å². The van der Waals surface area contributed by atoms with Gasteiger partial charge in [0.15, 0.2) is 5.16 Å². The van der Waals surface area contributed by atoms with Gasteiger partial charge in [-0.05, 0) is 24.3 Å². The number of carbonyl (C=O) groups is 1. The SMILES string of the molecule is C=CCn1c(SCC(=O)Nc2cccc3ccccc23)nnc1C1CCCCC1. The van der Waals surface area contributed by atoms with Gasteiger partial charge in [-0.3, -0.25) is 4.79 Å². The molecule has 1 fully saturated rings. The van der Waals surface area contributed by atoms with E-state index in [2.05, 4.69) is 26.7 Å². The molecule has 1 heterocycles. The van der Waals surface area contributed by atoms with Crippen molar-refractivity contribution in [1.82, 2.24) is 14.8 Å². The molecule has 0 unspecified atom stereocenters. The molecule has 0 spiro atoms. The number of nitrogens with one attached hydrogen (secondary N) is 1. The average molecular weight is 407 g/mol. The molecule has 5 nitrogen and oxygen atoms in total. The van der Waals surface area contributed by atoms with Crippen molar-refractivity contribution >= 4 is 34.1 Å². The average Bonchev–Trinajstić information content (AvgIpc) is 3.16. The predicted octanol–water partition coefficient (Wildman–Crippen LogP) is 5.40. The molecule has 1 amide bonds. The summed E-state index contributed by atoms with van der Waals surface area (Å²) in [5, 5.41) is 14.8. The zero-order chi connectivity index (χ0) is 20.1. The number of hydrogen-bond donors (Lipinski definition) is 1. The summed E-state index contributed by atoms with van der Waals surface area (Å²) in [6.07, 6.45) is 8.02. The van der Waals surface area contributed by atoms with Gasteiger partial charge in [0, 0.05) is 23.5 Å².